The molecule has 0 aliphatic rings. The van der Waals surface area contributed by atoms with Crippen LogP contribution >= 0.6 is 15.9 Å². The zero-order chi connectivity index (χ0) is 13.7. The minimum absolute atomic E-state index is 0.313. The van der Waals surface area contributed by atoms with Crippen LogP contribution in [0.2, 0.25) is 0 Å². The predicted octanol–water partition coefficient (Wildman–Crippen LogP) is 3.81. The van der Waals surface area contributed by atoms with Gasteiger partial charge >= 0.3 is 5.97 Å². The molecular weight excluding hydrogens is 308 g/mol. The first-order valence-corrected chi connectivity index (χ1v) is 6.55. The van der Waals surface area contributed by atoms with Crippen molar-refractivity contribution in [1.82, 2.24) is 0 Å². The Morgan fingerprint density at radius 2 is 1.79 bits per heavy atom. The highest BCUT2D eigenvalue weighted by Gasteiger charge is 2.11. The van der Waals surface area contributed by atoms with E-state index in [0.717, 1.165) is 15.8 Å². The predicted molar refractivity (Wildman–Crippen MR) is 76.3 cm³/mol. The van der Waals surface area contributed by atoms with Gasteiger partial charge in [0.1, 0.15) is 12.4 Å². The highest BCUT2D eigenvalue weighted by Crippen LogP contribution is 2.25. The molecule has 0 fully saturated rings. The average molecular weight is 321 g/mol. The third-order valence-corrected chi connectivity index (χ3v) is 3.30. The van der Waals surface area contributed by atoms with E-state index in [1.165, 1.54) is 7.11 Å². The zero-order valence-corrected chi connectivity index (χ0v) is 12.0. The molecule has 0 amide bonds. The van der Waals surface area contributed by atoms with Gasteiger partial charge in [-0.3, -0.25) is 0 Å². The summed E-state index contributed by atoms with van der Waals surface area (Å²) in [6.07, 6.45) is 0. The van der Waals surface area contributed by atoms with Gasteiger partial charge in [0.2, 0.25) is 0 Å². The van der Waals surface area contributed by atoms with E-state index in [1.54, 1.807) is 12.1 Å². The maximum absolute atomic E-state index is 11.6. The molecule has 2 aromatic carbocycles. The van der Waals surface area contributed by atoms with Crippen LogP contribution in [0, 0.1) is 0 Å². The van der Waals surface area contributed by atoms with Gasteiger partial charge in [0.05, 0.1) is 17.1 Å². The molecule has 0 spiro atoms. The molecule has 0 bridgehead atoms. The highest BCUT2D eigenvalue weighted by molar-refractivity contribution is 9.10. The van der Waals surface area contributed by atoms with Crippen LogP contribution in [0.4, 0.5) is 0 Å². The van der Waals surface area contributed by atoms with Crippen molar-refractivity contribution in [3.8, 4) is 5.75 Å². The maximum atomic E-state index is 11.6. The van der Waals surface area contributed by atoms with Crippen molar-refractivity contribution >= 4 is 21.9 Å². The molecule has 98 valence electrons. The summed E-state index contributed by atoms with van der Waals surface area (Å²) in [6, 6.07) is 14.8. The SMILES string of the molecule is COC(=O)c1ccccc1COc1ccccc1Br. The normalized spacial score (nSPS) is 10.0. The Labute approximate surface area is 120 Å². The van der Waals surface area contributed by atoms with Crippen molar-refractivity contribution in [2.75, 3.05) is 7.11 Å². The monoisotopic (exact) mass is 320 g/mol. The number of halogens is 1. The van der Waals surface area contributed by atoms with Gasteiger partial charge < -0.3 is 9.47 Å². The number of hydrogen-bond donors (Lipinski definition) is 0. The Balaban J connectivity index is 2.16. The minimum Gasteiger partial charge on any atom is -0.488 e. The van der Waals surface area contributed by atoms with Gasteiger partial charge in [0.25, 0.3) is 0 Å². The van der Waals surface area contributed by atoms with Gasteiger partial charge in [-0.25, -0.2) is 4.79 Å². The molecule has 0 aromatic heterocycles. The van der Waals surface area contributed by atoms with E-state index in [1.807, 2.05) is 36.4 Å². The Kier molecular flexibility index (Phi) is 4.58. The number of carbonyl (C=O) groups excluding carboxylic acids is 1. The summed E-state index contributed by atoms with van der Waals surface area (Å²) in [5, 5.41) is 0. The number of esters is 1. The summed E-state index contributed by atoms with van der Waals surface area (Å²) in [6.45, 7) is 0.313. The Bertz CT molecular complexity index is 581. The molecule has 0 heterocycles. The van der Waals surface area contributed by atoms with Crippen molar-refractivity contribution in [3.05, 3.63) is 64.1 Å². The van der Waals surface area contributed by atoms with E-state index in [4.69, 9.17) is 9.47 Å². The number of methoxy groups -OCH3 is 1. The van der Waals surface area contributed by atoms with Crippen molar-refractivity contribution in [3.63, 3.8) is 0 Å². The number of hydrogen-bond acceptors (Lipinski definition) is 3. The number of rotatable bonds is 4. The summed E-state index contributed by atoms with van der Waals surface area (Å²) in [7, 11) is 1.37. The van der Waals surface area contributed by atoms with E-state index < -0.39 is 0 Å². The third-order valence-electron chi connectivity index (χ3n) is 2.64. The van der Waals surface area contributed by atoms with E-state index in [-0.39, 0.29) is 5.97 Å². The van der Waals surface area contributed by atoms with Crippen LogP contribution in [0.25, 0.3) is 0 Å². The lowest BCUT2D eigenvalue weighted by Crippen LogP contribution is -2.07. The largest absolute Gasteiger partial charge is 0.488 e. The van der Waals surface area contributed by atoms with Crippen molar-refractivity contribution < 1.29 is 14.3 Å². The van der Waals surface area contributed by atoms with Gasteiger partial charge in [-0.05, 0) is 34.1 Å². The molecule has 0 N–H and O–H groups in total. The fourth-order valence-electron chi connectivity index (χ4n) is 1.67. The number of carbonyl (C=O) groups is 1. The standard InChI is InChI=1S/C15H13BrO3/c1-18-15(17)12-7-3-2-6-11(12)10-19-14-9-5-4-8-13(14)16/h2-9H,10H2,1H3. The second-order valence-corrected chi connectivity index (χ2v) is 4.72. The Hall–Kier alpha value is -1.81. The second kappa shape index (κ2) is 6.38. The summed E-state index contributed by atoms with van der Waals surface area (Å²) < 4.78 is 11.3. The quantitative estimate of drug-likeness (QED) is 0.803. The smallest absolute Gasteiger partial charge is 0.338 e. The molecule has 2 rings (SSSR count). The van der Waals surface area contributed by atoms with Gasteiger partial charge in [0.15, 0.2) is 0 Å². The van der Waals surface area contributed by atoms with Crippen molar-refractivity contribution in [1.29, 1.82) is 0 Å². The van der Waals surface area contributed by atoms with Crippen LogP contribution in [0.1, 0.15) is 15.9 Å². The average Bonchev–Trinajstić information content (AvgIpc) is 2.46. The fraction of sp³-hybridized carbons (Fsp3) is 0.133. The summed E-state index contributed by atoms with van der Waals surface area (Å²) in [5.41, 5.74) is 1.32. The van der Waals surface area contributed by atoms with E-state index >= 15 is 0 Å². The second-order valence-electron chi connectivity index (χ2n) is 3.87. The van der Waals surface area contributed by atoms with Gasteiger partial charge in [-0.15, -0.1) is 0 Å². The molecule has 0 unspecified atom stereocenters. The third kappa shape index (κ3) is 3.35. The topological polar surface area (TPSA) is 35.5 Å². The number of benzene rings is 2. The first-order chi connectivity index (χ1) is 9.22. The summed E-state index contributed by atoms with van der Waals surface area (Å²) in [5.74, 6) is 0.383. The lowest BCUT2D eigenvalue weighted by Gasteiger charge is -2.10. The number of para-hydroxylation sites is 1. The number of ether oxygens (including phenoxy) is 2. The first-order valence-electron chi connectivity index (χ1n) is 5.76. The molecule has 0 atom stereocenters. The molecule has 0 aliphatic carbocycles. The molecule has 19 heavy (non-hydrogen) atoms. The van der Waals surface area contributed by atoms with Crippen LogP contribution in [-0.4, -0.2) is 13.1 Å². The Morgan fingerprint density at radius 3 is 2.53 bits per heavy atom. The lowest BCUT2D eigenvalue weighted by molar-refractivity contribution is 0.0597. The van der Waals surface area contributed by atoms with Crippen LogP contribution in [0.5, 0.6) is 5.75 Å². The lowest BCUT2D eigenvalue weighted by atomic mass is 10.1. The highest BCUT2D eigenvalue weighted by atomic mass is 79.9. The van der Waals surface area contributed by atoms with Crippen molar-refractivity contribution in [2.24, 2.45) is 0 Å². The van der Waals surface area contributed by atoms with Crippen LogP contribution < -0.4 is 4.74 Å². The van der Waals surface area contributed by atoms with Crippen molar-refractivity contribution in [2.45, 2.75) is 6.61 Å². The molecule has 2 aromatic rings. The summed E-state index contributed by atoms with van der Waals surface area (Å²) in [4.78, 5) is 11.6. The van der Waals surface area contributed by atoms with Gasteiger partial charge in [-0.2, -0.15) is 0 Å². The summed E-state index contributed by atoms with van der Waals surface area (Å²) >= 11 is 3.41. The van der Waals surface area contributed by atoms with Gasteiger partial charge in [-0.1, -0.05) is 30.3 Å². The van der Waals surface area contributed by atoms with Crippen LogP contribution in [0.15, 0.2) is 53.0 Å². The Morgan fingerprint density at radius 1 is 1.11 bits per heavy atom. The fourth-order valence-corrected chi connectivity index (χ4v) is 2.07. The molecule has 4 heteroatoms. The van der Waals surface area contributed by atoms with Crippen LogP contribution in [-0.2, 0) is 11.3 Å². The van der Waals surface area contributed by atoms with Gasteiger partial charge in [0, 0.05) is 5.56 Å². The van der Waals surface area contributed by atoms with Crippen LogP contribution in [0.3, 0.4) is 0 Å². The first kappa shape index (κ1) is 13.6. The minimum atomic E-state index is -0.355. The molecule has 0 saturated carbocycles. The van der Waals surface area contributed by atoms with E-state index in [2.05, 4.69) is 15.9 Å². The van der Waals surface area contributed by atoms with E-state index in [9.17, 15) is 4.79 Å². The maximum Gasteiger partial charge on any atom is 0.338 e. The molecule has 0 radical (unpaired) electrons. The molecule has 0 aliphatic heterocycles. The molecule has 3 nitrogen and oxygen atoms in total. The molecular formula is C15H13BrO3. The van der Waals surface area contributed by atoms with E-state index in [0.29, 0.717) is 12.2 Å². The zero-order valence-electron chi connectivity index (χ0n) is 10.4. The molecule has 0 saturated heterocycles.